The van der Waals surface area contributed by atoms with E-state index in [1.54, 1.807) is 11.3 Å². The Hall–Kier alpha value is -1.66. The van der Waals surface area contributed by atoms with Gasteiger partial charge in [0.1, 0.15) is 0 Å². The summed E-state index contributed by atoms with van der Waals surface area (Å²) in [6.07, 6.45) is 8.50. The maximum absolute atomic E-state index is 13.0. The number of carbonyl (C=O) groups excluding carboxylic acids is 1. The van der Waals surface area contributed by atoms with Crippen molar-refractivity contribution in [2.45, 2.75) is 37.8 Å². The molecule has 0 unspecified atom stereocenters. The van der Waals surface area contributed by atoms with E-state index in [1.165, 1.54) is 11.1 Å². The second kappa shape index (κ2) is 6.69. The molecule has 4 rings (SSSR count). The highest BCUT2D eigenvalue weighted by atomic mass is 32.1. The fraction of sp³-hybridized carbons (Fsp3) is 0.556. The molecule has 2 atom stereocenters. The number of carbonyl (C=O) groups is 1. The molecule has 0 N–H and O–H groups in total. The van der Waals surface area contributed by atoms with E-state index in [2.05, 4.69) is 37.9 Å². The molecule has 24 heavy (non-hydrogen) atoms. The fourth-order valence-electron chi connectivity index (χ4n) is 4.15. The van der Waals surface area contributed by atoms with Gasteiger partial charge in [0.2, 0.25) is 5.91 Å². The number of aryl methyl sites for hydroxylation is 1. The van der Waals surface area contributed by atoms with Crippen molar-refractivity contribution in [3.05, 3.63) is 40.3 Å². The summed E-state index contributed by atoms with van der Waals surface area (Å²) in [7, 11) is 1.95. The zero-order valence-electron chi connectivity index (χ0n) is 14.1. The van der Waals surface area contributed by atoms with E-state index >= 15 is 0 Å². The number of likely N-dealkylation sites (tertiary alicyclic amines) is 2. The SMILES string of the molecule is Cn1cc([C@@H]2CCCN2CC(=O)N2CCC[C@H]2c2ccsc2)cn1. The molecule has 2 saturated heterocycles. The minimum absolute atomic E-state index is 0.277. The molecule has 1 amide bonds. The Balaban J connectivity index is 1.45. The van der Waals surface area contributed by atoms with Crippen molar-refractivity contribution in [1.29, 1.82) is 0 Å². The van der Waals surface area contributed by atoms with Crippen LogP contribution in [0.2, 0.25) is 0 Å². The van der Waals surface area contributed by atoms with Gasteiger partial charge in [0.15, 0.2) is 0 Å². The van der Waals surface area contributed by atoms with Crippen LogP contribution in [0.15, 0.2) is 29.2 Å². The summed E-state index contributed by atoms with van der Waals surface area (Å²) < 4.78 is 1.85. The number of hydrogen-bond donors (Lipinski definition) is 0. The Bertz CT molecular complexity index is 696. The molecule has 2 aromatic rings. The third-order valence-electron chi connectivity index (χ3n) is 5.31. The Morgan fingerprint density at radius 2 is 2.08 bits per heavy atom. The molecule has 6 heteroatoms. The van der Waals surface area contributed by atoms with Crippen LogP contribution < -0.4 is 0 Å². The Morgan fingerprint density at radius 3 is 2.83 bits per heavy atom. The van der Waals surface area contributed by atoms with Gasteiger partial charge in [-0.3, -0.25) is 14.4 Å². The van der Waals surface area contributed by atoms with Crippen LogP contribution in [0, 0.1) is 0 Å². The zero-order chi connectivity index (χ0) is 16.5. The molecule has 2 aliphatic heterocycles. The number of hydrogen-bond acceptors (Lipinski definition) is 4. The van der Waals surface area contributed by atoms with E-state index in [0.717, 1.165) is 38.8 Å². The molecule has 128 valence electrons. The lowest BCUT2D eigenvalue weighted by molar-refractivity contribution is -0.133. The minimum atomic E-state index is 0.277. The molecule has 0 aliphatic carbocycles. The molecule has 2 aliphatic rings. The monoisotopic (exact) mass is 344 g/mol. The molecule has 0 saturated carbocycles. The summed E-state index contributed by atoms with van der Waals surface area (Å²) in [5, 5.41) is 8.59. The normalized spacial score (nSPS) is 24.8. The Kier molecular flexibility index (Phi) is 4.41. The summed E-state index contributed by atoms with van der Waals surface area (Å²) in [6, 6.07) is 2.78. The van der Waals surface area contributed by atoms with Crippen LogP contribution in [-0.4, -0.2) is 45.1 Å². The van der Waals surface area contributed by atoms with Crippen LogP contribution in [0.25, 0.3) is 0 Å². The number of rotatable bonds is 4. The van der Waals surface area contributed by atoms with Gasteiger partial charge in [0, 0.05) is 31.4 Å². The van der Waals surface area contributed by atoms with Gasteiger partial charge in [0.05, 0.1) is 18.8 Å². The number of thiophene rings is 1. The second-order valence-corrected chi connectivity index (χ2v) is 7.66. The zero-order valence-corrected chi connectivity index (χ0v) is 14.9. The van der Waals surface area contributed by atoms with Gasteiger partial charge in [-0.2, -0.15) is 16.4 Å². The molecular weight excluding hydrogens is 320 g/mol. The molecule has 0 radical (unpaired) electrons. The van der Waals surface area contributed by atoms with Crippen molar-refractivity contribution in [3.63, 3.8) is 0 Å². The standard InChI is InChI=1S/C18H24N4OS/c1-20-11-15(10-19-20)16-4-2-7-21(16)12-18(23)22-8-3-5-17(22)14-6-9-24-13-14/h6,9-11,13,16-17H,2-5,7-8,12H2,1H3/t16-,17-/m0/s1. The van der Waals surface area contributed by atoms with Gasteiger partial charge in [-0.05, 0) is 54.6 Å². The lowest BCUT2D eigenvalue weighted by Crippen LogP contribution is -2.39. The van der Waals surface area contributed by atoms with E-state index in [9.17, 15) is 4.79 Å². The average molecular weight is 344 g/mol. The van der Waals surface area contributed by atoms with Gasteiger partial charge in [-0.25, -0.2) is 0 Å². The van der Waals surface area contributed by atoms with Crippen molar-refractivity contribution in [2.24, 2.45) is 7.05 Å². The highest BCUT2D eigenvalue weighted by Gasteiger charge is 2.34. The highest BCUT2D eigenvalue weighted by molar-refractivity contribution is 7.07. The molecule has 0 spiro atoms. The van der Waals surface area contributed by atoms with E-state index < -0.39 is 0 Å². The summed E-state index contributed by atoms with van der Waals surface area (Å²) in [5.74, 6) is 0.277. The summed E-state index contributed by atoms with van der Waals surface area (Å²) in [4.78, 5) is 17.4. The Labute approximate surface area is 146 Å². The lowest BCUT2D eigenvalue weighted by atomic mass is 10.1. The number of aromatic nitrogens is 2. The van der Waals surface area contributed by atoms with Crippen LogP contribution in [-0.2, 0) is 11.8 Å². The number of nitrogens with zero attached hydrogens (tertiary/aromatic N) is 4. The Morgan fingerprint density at radius 1 is 1.25 bits per heavy atom. The van der Waals surface area contributed by atoms with Crippen molar-refractivity contribution >= 4 is 17.2 Å². The third kappa shape index (κ3) is 3.00. The van der Waals surface area contributed by atoms with Crippen LogP contribution in [0.3, 0.4) is 0 Å². The van der Waals surface area contributed by atoms with Crippen LogP contribution >= 0.6 is 11.3 Å². The maximum Gasteiger partial charge on any atom is 0.237 e. The van der Waals surface area contributed by atoms with Crippen molar-refractivity contribution in [1.82, 2.24) is 19.6 Å². The van der Waals surface area contributed by atoms with E-state index in [0.29, 0.717) is 12.6 Å². The predicted octanol–water partition coefficient (Wildman–Crippen LogP) is 2.98. The van der Waals surface area contributed by atoms with E-state index in [4.69, 9.17) is 0 Å². The molecule has 0 aromatic carbocycles. The molecular formula is C18H24N4OS. The van der Waals surface area contributed by atoms with Crippen molar-refractivity contribution in [3.8, 4) is 0 Å². The first-order valence-corrected chi connectivity index (χ1v) is 9.71. The lowest BCUT2D eigenvalue weighted by Gasteiger charge is -2.29. The highest BCUT2D eigenvalue weighted by Crippen LogP contribution is 2.35. The molecule has 0 bridgehead atoms. The van der Waals surface area contributed by atoms with Gasteiger partial charge >= 0.3 is 0 Å². The minimum Gasteiger partial charge on any atom is -0.335 e. The first kappa shape index (κ1) is 15.8. The van der Waals surface area contributed by atoms with Gasteiger partial charge in [0.25, 0.3) is 0 Å². The summed E-state index contributed by atoms with van der Waals surface area (Å²) in [6.45, 7) is 2.42. The molecule has 4 heterocycles. The summed E-state index contributed by atoms with van der Waals surface area (Å²) >= 11 is 1.72. The van der Waals surface area contributed by atoms with E-state index in [1.807, 2.05) is 17.9 Å². The van der Waals surface area contributed by atoms with E-state index in [-0.39, 0.29) is 11.9 Å². The van der Waals surface area contributed by atoms with Crippen molar-refractivity contribution < 1.29 is 4.79 Å². The quantitative estimate of drug-likeness (QED) is 0.856. The average Bonchev–Trinajstić information content (AvgIpc) is 3.34. The first-order chi connectivity index (χ1) is 11.7. The maximum atomic E-state index is 13.0. The molecule has 2 aromatic heterocycles. The fourth-order valence-corrected chi connectivity index (χ4v) is 4.85. The largest absolute Gasteiger partial charge is 0.335 e. The van der Waals surface area contributed by atoms with Crippen LogP contribution in [0.1, 0.15) is 48.9 Å². The van der Waals surface area contributed by atoms with Gasteiger partial charge in [-0.1, -0.05) is 0 Å². The first-order valence-electron chi connectivity index (χ1n) is 8.76. The molecule has 5 nitrogen and oxygen atoms in total. The topological polar surface area (TPSA) is 41.4 Å². The molecule has 2 fully saturated rings. The predicted molar refractivity (Wildman–Crippen MR) is 94.8 cm³/mol. The van der Waals surface area contributed by atoms with Crippen LogP contribution in [0.5, 0.6) is 0 Å². The van der Waals surface area contributed by atoms with Gasteiger partial charge < -0.3 is 4.90 Å². The second-order valence-electron chi connectivity index (χ2n) is 6.88. The smallest absolute Gasteiger partial charge is 0.237 e. The van der Waals surface area contributed by atoms with Crippen molar-refractivity contribution in [2.75, 3.05) is 19.6 Å². The number of amides is 1. The van der Waals surface area contributed by atoms with Gasteiger partial charge in [-0.15, -0.1) is 0 Å². The summed E-state index contributed by atoms with van der Waals surface area (Å²) in [5.41, 5.74) is 2.54. The van der Waals surface area contributed by atoms with Crippen LogP contribution in [0.4, 0.5) is 0 Å². The third-order valence-corrected chi connectivity index (χ3v) is 6.01.